The van der Waals surface area contributed by atoms with Crippen molar-refractivity contribution in [3.8, 4) is 5.75 Å². The Morgan fingerprint density at radius 3 is 2.54 bits per heavy atom. The van der Waals surface area contributed by atoms with Crippen LogP contribution in [0.1, 0.15) is 42.5 Å². The maximum absolute atomic E-state index is 12.5. The summed E-state index contributed by atoms with van der Waals surface area (Å²) >= 11 is 11.8. The molecule has 3 amide bonds. The van der Waals surface area contributed by atoms with Gasteiger partial charge in [-0.25, -0.2) is 4.79 Å². The fourth-order valence-corrected chi connectivity index (χ4v) is 4.67. The summed E-state index contributed by atoms with van der Waals surface area (Å²) in [6.45, 7) is 0.649. The average Bonchev–Trinajstić information content (AvgIpc) is 3.14. The Morgan fingerprint density at radius 1 is 1.15 bits per heavy atom. The van der Waals surface area contributed by atoms with Crippen LogP contribution in [0.15, 0.2) is 12.1 Å². The van der Waals surface area contributed by atoms with Crippen LogP contribution < -0.4 is 10.6 Å². The van der Waals surface area contributed by atoms with Gasteiger partial charge in [-0.3, -0.25) is 4.79 Å². The van der Waals surface area contributed by atoms with Gasteiger partial charge in [-0.05, 0) is 50.2 Å². The van der Waals surface area contributed by atoms with E-state index in [9.17, 15) is 14.7 Å². The predicted molar refractivity (Wildman–Crippen MR) is 98.8 cm³/mol. The van der Waals surface area contributed by atoms with Crippen molar-refractivity contribution in [2.24, 2.45) is 5.92 Å². The lowest BCUT2D eigenvalue weighted by Gasteiger charge is -2.35. The van der Waals surface area contributed by atoms with E-state index < -0.39 is 5.91 Å². The number of piperidine rings is 1. The van der Waals surface area contributed by atoms with Crippen molar-refractivity contribution in [3.05, 3.63) is 27.7 Å². The van der Waals surface area contributed by atoms with E-state index in [1.54, 1.807) is 0 Å². The number of amides is 3. The molecule has 1 heterocycles. The third kappa shape index (κ3) is 3.21. The highest BCUT2D eigenvalue weighted by Crippen LogP contribution is 2.39. The van der Waals surface area contributed by atoms with Gasteiger partial charge < -0.3 is 20.6 Å². The lowest BCUT2D eigenvalue weighted by atomic mass is 9.93. The molecule has 3 atom stereocenters. The molecule has 2 bridgehead atoms. The maximum atomic E-state index is 12.5. The van der Waals surface area contributed by atoms with Crippen molar-refractivity contribution in [2.45, 2.75) is 50.2 Å². The Bertz CT molecular complexity index is 753. The largest absolute Gasteiger partial charge is 0.506 e. The smallest absolute Gasteiger partial charge is 0.317 e. The van der Waals surface area contributed by atoms with Gasteiger partial charge in [0.1, 0.15) is 5.75 Å². The summed E-state index contributed by atoms with van der Waals surface area (Å²) < 4.78 is 0. The van der Waals surface area contributed by atoms with E-state index in [1.165, 1.54) is 18.6 Å². The number of likely N-dealkylation sites (tertiary alicyclic amines) is 1. The summed E-state index contributed by atoms with van der Waals surface area (Å²) in [5.41, 5.74) is 0.0739. The van der Waals surface area contributed by atoms with E-state index in [4.69, 9.17) is 23.2 Å². The molecular formula is C18H21Cl2N3O3. The first-order chi connectivity index (χ1) is 12.4. The number of nitrogens with zero attached hydrogens (tertiary/aromatic N) is 1. The van der Waals surface area contributed by atoms with Crippen LogP contribution in [-0.4, -0.2) is 46.6 Å². The number of halogens is 2. The number of fused-ring (bicyclic) bond motifs is 2. The van der Waals surface area contributed by atoms with Crippen molar-refractivity contribution >= 4 is 35.1 Å². The molecule has 1 aliphatic heterocycles. The van der Waals surface area contributed by atoms with Crippen molar-refractivity contribution < 1.29 is 14.7 Å². The van der Waals surface area contributed by atoms with E-state index in [0.29, 0.717) is 17.6 Å². The molecule has 8 heteroatoms. The van der Waals surface area contributed by atoms with Crippen LogP contribution in [0.2, 0.25) is 10.0 Å². The minimum absolute atomic E-state index is 0.0163. The van der Waals surface area contributed by atoms with Crippen LogP contribution in [0, 0.1) is 5.92 Å². The molecule has 1 aromatic carbocycles. The molecular weight excluding hydrogens is 377 g/mol. The highest BCUT2D eigenvalue weighted by Gasteiger charge is 2.47. The van der Waals surface area contributed by atoms with Gasteiger partial charge in [0.25, 0.3) is 5.91 Å². The molecule has 26 heavy (non-hydrogen) atoms. The van der Waals surface area contributed by atoms with Crippen molar-refractivity contribution in [1.82, 2.24) is 15.5 Å². The molecule has 4 rings (SSSR count). The number of rotatable bonds is 3. The third-order valence-corrected chi connectivity index (χ3v) is 6.33. The summed E-state index contributed by atoms with van der Waals surface area (Å²) in [4.78, 5) is 26.8. The number of hydrogen-bond donors (Lipinski definition) is 3. The number of urea groups is 1. The van der Waals surface area contributed by atoms with Crippen LogP contribution >= 0.6 is 23.2 Å². The van der Waals surface area contributed by atoms with Crippen LogP contribution in [0.4, 0.5) is 4.79 Å². The minimum atomic E-state index is -0.394. The molecule has 2 aliphatic carbocycles. The predicted octanol–water partition coefficient (Wildman–Crippen LogP) is 3.15. The third-order valence-electron chi connectivity index (χ3n) is 5.82. The first-order valence-electron chi connectivity index (χ1n) is 8.98. The first kappa shape index (κ1) is 17.7. The lowest BCUT2D eigenvalue weighted by Crippen LogP contribution is -2.53. The molecule has 0 spiro atoms. The molecule has 3 aliphatic rings. The monoisotopic (exact) mass is 397 g/mol. The molecule has 3 N–H and O–H groups in total. The molecule has 2 saturated carbocycles. The van der Waals surface area contributed by atoms with Gasteiger partial charge in [-0.15, -0.1) is 0 Å². The first-order valence-corrected chi connectivity index (χ1v) is 9.74. The van der Waals surface area contributed by atoms with Gasteiger partial charge >= 0.3 is 6.03 Å². The van der Waals surface area contributed by atoms with Gasteiger partial charge in [-0.2, -0.15) is 0 Å². The van der Waals surface area contributed by atoms with E-state index in [1.807, 2.05) is 4.90 Å². The number of nitrogens with one attached hydrogen (secondary N) is 2. The zero-order chi connectivity index (χ0) is 18.4. The number of hydrogen-bond acceptors (Lipinski definition) is 3. The topological polar surface area (TPSA) is 81.7 Å². The second kappa shape index (κ2) is 6.82. The van der Waals surface area contributed by atoms with Crippen molar-refractivity contribution in [2.75, 3.05) is 6.54 Å². The quantitative estimate of drug-likeness (QED) is 0.732. The number of phenols is 1. The Labute approximate surface area is 161 Å². The standard InChI is InChI=1S/C18H21Cl2N3O3/c19-10-5-13(16(24)14(20)6-10)17(25)22-15-7-12-4-9(15)8-23(12)18(26)21-11-2-1-3-11/h5-6,9,11-12,15,24H,1-4,7-8H2,(H,21,26)(H,22,25)/t9-,12-,15-/m1/s1. The number of benzene rings is 1. The van der Waals surface area contributed by atoms with Crippen LogP contribution in [-0.2, 0) is 0 Å². The van der Waals surface area contributed by atoms with Crippen LogP contribution in [0.5, 0.6) is 5.75 Å². The number of carbonyl (C=O) groups is 2. The molecule has 0 radical (unpaired) electrons. The SMILES string of the molecule is O=C(N[C@@H]1C[C@H]2C[C@@H]1CN2C(=O)NC1CCC1)c1cc(Cl)cc(Cl)c1O. The normalized spacial score (nSPS) is 27.3. The highest BCUT2D eigenvalue weighted by molar-refractivity contribution is 6.36. The molecule has 6 nitrogen and oxygen atoms in total. The van der Waals surface area contributed by atoms with Gasteiger partial charge in [0.15, 0.2) is 0 Å². The van der Waals surface area contributed by atoms with E-state index in [-0.39, 0.29) is 40.4 Å². The average molecular weight is 398 g/mol. The highest BCUT2D eigenvalue weighted by atomic mass is 35.5. The molecule has 3 fully saturated rings. The van der Waals surface area contributed by atoms with Crippen LogP contribution in [0.25, 0.3) is 0 Å². The van der Waals surface area contributed by atoms with Gasteiger partial charge in [0.05, 0.1) is 10.6 Å². The van der Waals surface area contributed by atoms with Gasteiger partial charge in [-0.1, -0.05) is 23.2 Å². The zero-order valence-corrected chi connectivity index (χ0v) is 15.7. The summed E-state index contributed by atoms with van der Waals surface area (Å²) in [6.07, 6.45) is 4.94. The zero-order valence-electron chi connectivity index (χ0n) is 14.2. The molecule has 1 aromatic rings. The fourth-order valence-electron chi connectivity index (χ4n) is 4.17. The molecule has 140 valence electrons. The lowest BCUT2D eigenvalue weighted by molar-refractivity contribution is 0.0910. The summed E-state index contributed by atoms with van der Waals surface area (Å²) in [5, 5.41) is 16.4. The Hall–Kier alpha value is -1.66. The molecule has 0 aromatic heterocycles. The Balaban J connectivity index is 1.37. The van der Waals surface area contributed by atoms with Crippen molar-refractivity contribution in [1.29, 1.82) is 0 Å². The van der Waals surface area contributed by atoms with E-state index in [2.05, 4.69) is 10.6 Å². The number of aromatic hydroxyl groups is 1. The van der Waals surface area contributed by atoms with Gasteiger partial charge in [0.2, 0.25) is 0 Å². The maximum Gasteiger partial charge on any atom is 0.317 e. The van der Waals surface area contributed by atoms with Gasteiger partial charge in [0, 0.05) is 29.7 Å². The second-order valence-electron chi connectivity index (χ2n) is 7.48. The molecule has 0 unspecified atom stereocenters. The summed E-state index contributed by atoms with van der Waals surface area (Å²) in [5.74, 6) is -0.430. The summed E-state index contributed by atoms with van der Waals surface area (Å²) in [6, 6.07) is 3.29. The Morgan fingerprint density at radius 2 is 1.92 bits per heavy atom. The number of phenolic OH excluding ortho intramolecular Hbond substituents is 1. The molecule has 1 saturated heterocycles. The number of carbonyl (C=O) groups excluding carboxylic acids is 2. The Kier molecular flexibility index (Phi) is 4.65. The minimum Gasteiger partial charge on any atom is -0.506 e. The van der Waals surface area contributed by atoms with E-state index >= 15 is 0 Å². The van der Waals surface area contributed by atoms with E-state index in [0.717, 1.165) is 25.7 Å². The van der Waals surface area contributed by atoms with Crippen molar-refractivity contribution in [3.63, 3.8) is 0 Å². The van der Waals surface area contributed by atoms with Crippen LogP contribution in [0.3, 0.4) is 0 Å². The second-order valence-corrected chi connectivity index (χ2v) is 8.32. The summed E-state index contributed by atoms with van der Waals surface area (Å²) in [7, 11) is 0. The fraction of sp³-hybridized carbons (Fsp3) is 0.556.